The van der Waals surface area contributed by atoms with Crippen LogP contribution in [0.25, 0.3) is 0 Å². The molecular weight excluding hydrogens is 232 g/mol. The second kappa shape index (κ2) is 6.50. The van der Waals surface area contributed by atoms with Gasteiger partial charge in [0, 0.05) is 0 Å². The quantitative estimate of drug-likeness (QED) is 0.572. The highest BCUT2D eigenvalue weighted by molar-refractivity contribution is 8.00. The van der Waals surface area contributed by atoms with Crippen molar-refractivity contribution in [2.45, 2.75) is 18.1 Å². The minimum atomic E-state index is -0.668. The lowest BCUT2D eigenvalue weighted by molar-refractivity contribution is -0.146. The number of thioether (sulfide) groups is 1. The molecule has 0 aliphatic rings. The fourth-order valence-electron chi connectivity index (χ4n) is 1.76. The van der Waals surface area contributed by atoms with Crippen molar-refractivity contribution in [3.8, 4) is 0 Å². The summed E-state index contributed by atoms with van der Waals surface area (Å²) in [6.07, 6.45) is 4.25. The number of carbonyl (C=O) groups excluding carboxylic acids is 1. The second-order valence-electron chi connectivity index (χ2n) is 3.61. The smallest absolute Gasteiger partial charge is 0.327 e. The van der Waals surface area contributed by atoms with Crippen molar-refractivity contribution in [3.63, 3.8) is 0 Å². The van der Waals surface area contributed by atoms with Gasteiger partial charge < -0.3 is 4.74 Å². The number of esters is 1. The van der Waals surface area contributed by atoms with Crippen molar-refractivity contribution >= 4 is 17.7 Å². The molecule has 3 heteroatoms. The fourth-order valence-corrected chi connectivity index (χ4v) is 2.64. The van der Waals surface area contributed by atoms with Gasteiger partial charge in [-0.15, -0.1) is 18.3 Å². The van der Waals surface area contributed by atoms with Crippen molar-refractivity contribution < 1.29 is 9.53 Å². The Labute approximate surface area is 107 Å². The van der Waals surface area contributed by atoms with E-state index in [0.717, 1.165) is 5.56 Å². The zero-order chi connectivity index (χ0) is 12.7. The SMILES string of the molecule is C=CCC(SC)(C(=O)OCC)c1ccccc1. The molecule has 1 aromatic rings. The monoisotopic (exact) mass is 250 g/mol. The van der Waals surface area contributed by atoms with Gasteiger partial charge in [0.15, 0.2) is 0 Å². The molecule has 17 heavy (non-hydrogen) atoms. The number of allylic oxidation sites excluding steroid dienone is 1. The van der Waals surface area contributed by atoms with E-state index in [1.165, 1.54) is 11.8 Å². The molecule has 0 fully saturated rings. The van der Waals surface area contributed by atoms with Crippen LogP contribution in [0.4, 0.5) is 0 Å². The molecule has 0 aromatic heterocycles. The summed E-state index contributed by atoms with van der Waals surface area (Å²) in [5.41, 5.74) is 0.964. The highest BCUT2D eigenvalue weighted by Gasteiger charge is 2.39. The Morgan fingerprint density at radius 3 is 2.59 bits per heavy atom. The van der Waals surface area contributed by atoms with E-state index >= 15 is 0 Å². The predicted molar refractivity (Wildman–Crippen MR) is 73.1 cm³/mol. The van der Waals surface area contributed by atoms with Gasteiger partial charge in [-0.2, -0.15) is 0 Å². The third kappa shape index (κ3) is 2.91. The summed E-state index contributed by atoms with van der Waals surface area (Å²) in [5, 5.41) is 0. The standard InChI is InChI=1S/C14H18O2S/c1-4-11-14(17-3,13(15)16-5-2)12-9-7-6-8-10-12/h4,6-10H,1,5,11H2,2-3H3. The molecule has 1 rings (SSSR count). The van der Waals surface area contributed by atoms with Gasteiger partial charge in [0.25, 0.3) is 0 Å². The van der Waals surface area contributed by atoms with Crippen LogP contribution in [0, 0.1) is 0 Å². The minimum absolute atomic E-state index is 0.196. The van der Waals surface area contributed by atoms with E-state index in [1.54, 1.807) is 6.08 Å². The normalized spacial score (nSPS) is 13.8. The van der Waals surface area contributed by atoms with Crippen molar-refractivity contribution in [1.29, 1.82) is 0 Å². The number of ether oxygens (including phenoxy) is 1. The van der Waals surface area contributed by atoms with Gasteiger partial charge >= 0.3 is 5.97 Å². The number of benzene rings is 1. The van der Waals surface area contributed by atoms with Crippen molar-refractivity contribution in [1.82, 2.24) is 0 Å². The van der Waals surface area contributed by atoms with E-state index < -0.39 is 4.75 Å². The van der Waals surface area contributed by atoms with Gasteiger partial charge in [-0.1, -0.05) is 36.4 Å². The number of hydrogen-bond donors (Lipinski definition) is 0. The Bertz CT molecular complexity index is 375. The number of rotatable bonds is 6. The van der Waals surface area contributed by atoms with Crippen LogP contribution in [0.2, 0.25) is 0 Å². The van der Waals surface area contributed by atoms with E-state index in [-0.39, 0.29) is 5.97 Å². The first-order valence-corrected chi connectivity index (χ1v) is 6.82. The number of hydrogen-bond acceptors (Lipinski definition) is 3. The Hall–Kier alpha value is -1.22. The lowest BCUT2D eigenvalue weighted by Crippen LogP contribution is -2.33. The number of carbonyl (C=O) groups is 1. The molecule has 1 aromatic carbocycles. The van der Waals surface area contributed by atoms with E-state index in [1.807, 2.05) is 43.5 Å². The minimum Gasteiger partial charge on any atom is -0.465 e. The molecule has 0 spiro atoms. The predicted octanol–water partition coefficient (Wildman–Crippen LogP) is 3.38. The molecule has 0 saturated carbocycles. The molecule has 0 aliphatic heterocycles. The maximum atomic E-state index is 12.2. The highest BCUT2D eigenvalue weighted by Crippen LogP contribution is 2.39. The van der Waals surface area contributed by atoms with Gasteiger partial charge in [0.05, 0.1) is 6.61 Å². The lowest BCUT2D eigenvalue weighted by Gasteiger charge is -2.29. The lowest BCUT2D eigenvalue weighted by atomic mass is 9.94. The molecule has 1 unspecified atom stereocenters. The Kier molecular flexibility index (Phi) is 5.29. The first-order chi connectivity index (χ1) is 8.21. The highest BCUT2D eigenvalue weighted by atomic mass is 32.2. The maximum absolute atomic E-state index is 12.2. The van der Waals surface area contributed by atoms with Gasteiger partial charge in [-0.05, 0) is 25.2 Å². The zero-order valence-electron chi connectivity index (χ0n) is 10.3. The fraction of sp³-hybridized carbons (Fsp3) is 0.357. The van der Waals surface area contributed by atoms with Crippen LogP contribution >= 0.6 is 11.8 Å². The van der Waals surface area contributed by atoms with Crippen molar-refractivity contribution in [2.75, 3.05) is 12.9 Å². The third-order valence-electron chi connectivity index (χ3n) is 2.63. The molecule has 0 N–H and O–H groups in total. The molecule has 0 radical (unpaired) electrons. The molecule has 0 saturated heterocycles. The molecule has 92 valence electrons. The summed E-state index contributed by atoms with van der Waals surface area (Å²) in [6.45, 7) is 5.96. The average molecular weight is 250 g/mol. The molecule has 0 aliphatic carbocycles. The third-order valence-corrected chi connectivity index (χ3v) is 3.89. The summed E-state index contributed by atoms with van der Waals surface area (Å²) in [4.78, 5) is 12.2. The van der Waals surface area contributed by atoms with Crippen molar-refractivity contribution in [3.05, 3.63) is 48.6 Å². The van der Waals surface area contributed by atoms with Gasteiger partial charge in [0.2, 0.25) is 0 Å². The maximum Gasteiger partial charge on any atom is 0.327 e. The first kappa shape index (κ1) is 13.8. The Morgan fingerprint density at radius 1 is 1.47 bits per heavy atom. The van der Waals surface area contributed by atoms with Crippen molar-refractivity contribution in [2.24, 2.45) is 0 Å². The topological polar surface area (TPSA) is 26.3 Å². The van der Waals surface area contributed by atoms with Gasteiger partial charge in [-0.25, -0.2) is 0 Å². The summed E-state index contributed by atoms with van der Waals surface area (Å²) in [6, 6.07) is 9.72. The Morgan fingerprint density at radius 2 is 2.12 bits per heavy atom. The molecule has 2 nitrogen and oxygen atoms in total. The van der Waals surface area contributed by atoms with Gasteiger partial charge in [-0.3, -0.25) is 4.79 Å². The molecule has 0 amide bonds. The summed E-state index contributed by atoms with van der Waals surface area (Å²) >= 11 is 1.50. The second-order valence-corrected chi connectivity index (χ2v) is 4.72. The van der Waals surface area contributed by atoms with Crippen LogP contribution in [0.5, 0.6) is 0 Å². The first-order valence-electron chi connectivity index (χ1n) is 5.60. The summed E-state index contributed by atoms with van der Waals surface area (Å²) < 4.78 is 4.53. The largest absolute Gasteiger partial charge is 0.465 e. The Balaban J connectivity index is 3.17. The van der Waals surface area contributed by atoms with Crippen LogP contribution in [0.3, 0.4) is 0 Å². The summed E-state index contributed by atoms with van der Waals surface area (Å²) in [5.74, 6) is -0.196. The molecule has 0 bridgehead atoms. The van der Waals surface area contributed by atoms with E-state index in [2.05, 4.69) is 6.58 Å². The van der Waals surface area contributed by atoms with Crippen LogP contribution in [0.1, 0.15) is 18.9 Å². The van der Waals surface area contributed by atoms with E-state index in [4.69, 9.17) is 4.74 Å². The average Bonchev–Trinajstić information content (AvgIpc) is 2.37. The van der Waals surface area contributed by atoms with E-state index in [0.29, 0.717) is 13.0 Å². The van der Waals surface area contributed by atoms with Crippen LogP contribution < -0.4 is 0 Å². The zero-order valence-corrected chi connectivity index (χ0v) is 11.1. The van der Waals surface area contributed by atoms with Crippen LogP contribution in [-0.2, 0) is 14.3 Å². The molecular formula is C14H18O2S. The molecule has 0 heterocycles. The van der Waals surface area contributed by atoms with Crippen LogP contribution in [-0.4, -0.2) is 18.8 Å². The van der Waals surface area contributed by atoms with E-state index in [9.17, 15) is 4.79 Å². The van der Waals surface area contributed by atoms with Gasteiger partial charge in [0.1, 0.15) is 4.75 Å². The van der Waals surface area contributed by atoms with Crippen LogP contribution in [0.15, 0.2) is 43.0 Å². The summed E-state index contributed by atoms with van der Waals surface area (Å²) in [7, 11) is 0. The molecule has 1 atom stereocenters.